The molecule has 1 aliphatic carbocycles. The highest BCUT2D eigenvalue weighted by Crippen LogP contribution is 2.46. The number of anilines is 1. The highest BCUT2D eigenvalue weighted by Gasteiger charge is 2.47. The molecule has 2 atom stereocenters. The van der Waals surface area contributed by atoms with E-state index in [1.165, 1.54) is 18.2 Å². The molecule has 0 fully saturated rings. The third-order valence-corrected chi connectivity index (χ3v) is 5.57. The first-order valence-electron chi connectivity index (χ1n) is 9.36. The Morgan fingerprint density at radius 3 is 2.53 bits per heavy atom. The number of H-pyrrole nitrogens is 1. The highest BCUT2D eigenvalue weighted by atomic mass is 35.5. The van der Waals surface area contributed by atoms with Gasteiger partial charge in [0.15, 0.2) is 10.8 Å². The first-order chi connectivity index (χ1) is 15.2. The van der Waals surface area contributed by atoms with Crippen LogP contribution in [0.25, 0.3) is 5.57 Å². The van der Waals surface area contributed by atoms with Crippen LogP contribution in [0.4, 0.5) is 23.7 Å². The lowest BCUT2D eigenvalue weighted by Gasteiger charge is -2.41. The Kier molecular flexibility index (Phi) is 5.47. The molecule has 0 saturated heterocycles. The molecule has 2 aromatic carbocycles. The van der Waals surface area contributed by atoms with E-state index in [9.17, 15) is 18.0 Å². The van der Waals surface area contributed by atoms with E-state index in [4.69, 9.17) is 17.3 Å². The molecule has 32 heavy (non-hydrogen) atoms. The highest BCUT2D eigenvalue weighted by molar-refractivity contribution is 6.30. The van der Waals surface area contributed by atoms with Crippen molar-refractivity contribution in [3.63, 3.8) is 0 Å². The summed E-state index contributed by atoms with van der Waals surface area (Å²) < 4.78 is 39.9. The van der Waals surface area contributed by atoms with Crippen LogP contribution >= 0.6 is 11.6 Å². The number of halogens is 4. The van der Waals surface area contributed by atoms with Crippen LogP contribution in [0.2, 0.25) is 0 Å². The summed E-state index contributed by atoms with van der Waals surface area (Å²) in [5, 5.41) is 13.7. The van der Waals surface area contributed by atoms with Crippen molar-refractivity contribution in [1.29, 1.82) is 0 Å². The summed E-state index contributed by atoms with van der Waals surface area (Å²) in [4.78, 5) is 11.7. The first-order valence-corrected chi connectivity index (χ1v) is 9.74. The number of nitrogens with two attached hydrogens (primary N) is 1. The molecular weight excluding hydrogens is 445 g/mol. The van der Waals surface area contributed by atoms with Crippen molar-refractivity contribution in [2.75, 3.05) is 4.90 Å². The number of nitrogens with zero attached hydrogens (tertiary/aromatic N) is 4. The summed E-state index contributed by atoms with van der Waals surface area (Å²) in [5.74, 6) is -0.655. The van der Waals surface area contributed by atoms with Crippen LogP contribution in [0.5, 0.6) is 0 Å². The Morgan fingerprint density at radius 2 is 1.91 bits per heavy atom. The first kappa shape index (κ1) is 21.6. The maximum absolute atomic E-state index is 13.3. The van der Waals surface area contributed by atoms with Gasteiger partial charge in [-0.05, 0) is 45.8 Å². The lowest BCUT2D eigenvalue weighted by Crippen LogP contribution is -2.53. The van der Waals surface area contributed by atoms with E-state index in [-0.39, 0.29) is 11.5 Å². The number of carbonyl (C=O) groups is 1. The van der Waals surface area contributed by atoms with Gasteiger partial charge in [-0.1, -0.05) is 60.2 Å². The Labute approximate surface area is 185 Å². The average Bonchev–Trinajstić information content (AvgIpc) is 3.28. The van der Waals surface area contributed by atoms with Crippen LogP contribution in [0, 0.1) is 0 Å². The van der Waals surface area contributed by atoms with Crippen LogP contribution in [0.1, 0.15) is 22.9 Å². The molecule has 1 heterocycles. The Hall–Kier alpha value is -3.66. The van der Waals surface area contributed by atoms with Crippen LogP contribution in [-0.2, 0) is 6.18 Å². The van der Waals surface area contributed by atoms with Crippen LogP contribution in [0.15, 0.2) is 72.8 Å². The number of hydrogen-bond donors (Lipinski definition) is 2. The Bertz CT molecular complexity index is 1180. The van der Waals surface area contributed by atoms with Crippen molar-refractivity contribution in [2.45, 2.75) is 17.1 Å². The number of urea groups is 1. The third-order valence-electron chi connectivity index (χ3n) is 5.04. The molecule has 2 amide bonds. The van der Waals surface area contributed by atoms with E-state index < -0.39 is 28.7 Å². The summed E-state index contributed by atoms with van der Waals surface area (Å²) >= 11 is 6.94. The second-order valence-electron chi connectivity index (χ2n) is 7.03. The largest absolute Gasteiger partial charge is 0.416 e. The molecule has 1 aliphatic rings. The van der Waals surface area contributed by atoms with Crippen LogP contribution < -0.4 is 10.6 Å². The van der Waals surface area contributed by atoms with E-state index in [0.717, 1.165) is 28.2 Å². The smallest absolute Gasteiger partial charge is 0.351 e. The normalized spacial score (nSPS) is 20.6. The van der Waals surface area contributed by atoms with Crippen molar-refractivity contribution in [1.82, 2.24) is 20.6 Å². The molecule has 11 heteroatoms. The molecule has 4 rings (SSSR count). The van der Waals surface area contributed by atoms with Gasteiger partial charge >= 0.3 is 12.2 Å². The number of tetrazole rings is 1. The number of amides is 2. The van der Waals surface area contributed by atoms with Crippen molar-refractivity contribution < 1.29 is 18.0 Å². The predicted octanol–water partition coefficient (Wildman–Crippen LogP) is 4.48. The van der Waals surface area contributed by atoms with Gasteiger partial charge in [0.05, 0.1) is 11.5 Å². The maximum atomic E-state index is 13.3. The minimum absolute atomic E-state index is 0.124. The molecule has 0 spiro atoms. The van der Waals surface area contributed by atoms with Crippen LogP contribution in [-0.4, -0.2) is 31.7 Å². The molecule has 164 valence electrons. The molecule has 0 saturated carbocycles. The number of hydrogen-bond acceptors (Lipinski definition) is 4. The number of aromatic nitrogens is 4. The number of rotatable bonds is 4. The van der Waals surface area contributed by atoms with E-state index in [1.807, 2.05) is 30.3 Å². The van der Waals surface area contributed by atoms with Crippen molar-refractivity contribution >= 4 is 28.9 Å². The second kappa shape index (κ2) is 8.12. The Morgan fingerprint density at radius 1 is 1.16 bits per heavy atom. The maximum Gasteiger partial charge on any atom is 0.416 e. The number of primary amides is 1. The van der Waals surface area contributed by atoms with E-state index in [1.54, 1.807) is 12.2 Å². The van der Waals surface area contributed by atoms with Gasteiger partial charge in [-0.15, -0.1) is 5.10 Å². The summed E-state index contributed by atoms with van der Waals surface area (Å²) in [6, 6.07) is 12.5. The summed E-state index contributed by atoms with van der Waals surface area (Å²) in [6.07, 6.45) is 0.283. The molecule has 0 bridgehead atoms. The number of alkyl halides is 4. The minimum atomic E-state index is -4.62. The van der Waals surface area contributed by atoms with Crippen LogP contribution in [0.3, 0.4) is 0 Å². The fraction of sp³-hybridized carbons (Fsp3) is 0.143. The number of carbonyl (C=O) groups excluding carboxylic acids is 1. The van der Waals surface area contributed by atoms with Gasteiger partial charge in [0.2, 0.25) is 0 Å². The summed E-state index contributed by atoms with van der Waals surface area (Å²) in [7, 11) is 0. The monoisotopic (exact) mass is 460 g/mol. The lowest BCUT2D eigenvalue weighted by molar-refractivity contribution is -0.137. The topological polar surface area (TPSA) is 101 Å². The van der Waals surface area contributed by atoms with Gasteiger partial charge in [0, 0.05) is 5.69 Å². The van der Waals surface area contributed by atoms with Gasteiger partial charge in [0.25, 0.3) is 0 Å². The second-order valence-corrected chi connectivity index (χ2v) is 7.64. The third kappa shape index (κ3) is 3.96. The van der Waals surface area contributed by atoms with E-state index in [2.05, 4.69) is 20.6 Å². The molecule has 0 radical (unpaired) electrons. The van der Waals surface area contributed by atoms with Crippen molar-refractivity contribution in [2.24, 2.45) is 5.73 Å². The number of nitrogens with one attached hydrogen (secondary N) is 1. The van der Waals surface area contributed by atoms with Crippen molar-refractivity contribution in [3.8, 4) is 0 Å². The zero-order chi connectivity index (χ0) is 22.9. The molecule has 7 nitrogen and oxygen atoms in total. The van der Waals surface area contributed by atoms with E-state index in [0.29, 0.717) is 0 Å². The predicted molar refractivity (Wildman–Crippen MR) is 113 cm³/mol. The lowest BCUT2D eigenvalue weighted by atomic mass is 9.86. The standard InChI is InChI=1S/C21H16ClF3N6O/c22-20(31(19(26)32)16-8-4-7-15(12-16)21(23,24)25)10-9-14(13-5-2-1-3-6-13)11-17(20)18-27-29-30-28-18/h1-12,17H,(H2,26,32)(H,27,28,29,30). The average molecular weight is 461 g/mol. The quantitative estimate of drug-likeness (QED) is 0.443. The minimum Gasteiger partial charge on any atom is -0.351 e. The summed E-state index contributed by atoms with van der Waals surface area (Å²) in [6.45, 7) is 0. The van der Waals surface area contributed by atoms with Gasteiger partial charge in [-0.25, -0.2) is 9.89 Å². The van der Waals surface area contributed by atoms with Gasteiger partial charge < -0.3 is 5.73 Å². The molecule has 3 N–H and O–H groups in total. The number of aromatic amines is 1. The van der Waals surface area contributed by atoms with Gasteiger partial charge in [-0.3, -0.25) is 4.90 Å². The summed E-state index contributed by atoms with van der Waals surface area (Å²) in [5.41, 5.74) is 6.17. The number of benzene rings is 2. The molecule has 3 aromatic rings. The zero-order valence-electron chi connectivity index (χ0n) is 16.3. The molecular formula is C21H16ClF3N6O. The SMILES string of the molecule is NC(=O)N(c1cccc(C(F)(F)F)c1)C1(Cl)C=CC(c2ccccc2)=CC1c1nnn[nH]1. The molecule has 2 unspecified atom stereocenters. The van der Waals surface area contributed by atoms with Crippen molar-refractivity contribution in [3.05, 3.63) is 89.8 Å². The fourth-order valence-corrected chi connectivity index (χ4v) is 3.99. The van der Waals surface area contributed by atoms with Gasteiger partial charge in [0.1, 0.15) is 0 Å². The fourth-order valence-electron chi connectivity index (χ4n) is 3.58. The molecule has 0 aliphatic heterocycles. The van der Waals surface area contributed by atoms with E-state index >= 15 is 0 Å². The zero-order valence-corrected chi connectivity index (χ0v) is 17.0. The van der Waals surface area contributed by atoms with Gasteiger partial charge in [-0.2, -0.15) is 13.2 Å². The number of allylic oxidation sites excluding steroid dienone is 2. The molecule has 1 aromatic heterocycles. The Balaban J connectivity index is 1.85.